The third-order valence-corrected chi connectivity index (χ3v) is 5.06. The zero-order chi connectivity index (χ0) is 21.8. The minimum absolute atomic E-state index is 0.0352. The summed E-state index contributed by atoms with van der Waals surface area (Å²) in [5, 5.41) is 11.0. The maximum Gasteiger partial charge on any atom is 0.308 e. The Labute approximate surface area is 181 Å². The average molecular weight is 432 g/mol. The topological polar surface area (TPSA) is 76.1 Å². The smallest absolute Gasteiger partial charge is 0.308 e. The number of fused-ring (bicyclic) bond motifs is 1. The first-order valence-electron chi connectivity index (χ1n) is 10.0. The van der Waals surface area contributed by atoms with Crippen LogP contribution in [0.2, 0.25) is 5.02 Å². The van der Waals surface area contributed by atoms with E-state index in [-0.39, 0.29) is 30.6 Å². The highest BCUT2D eigenvalue weighted by Gasteiger charge is 2.38. The molecule has 3 rings (SSSR count). The SMILES string of the molecule is CCOC(=O)C[C@H]1O[C@H](c2ccccc2O)c2cc(Cl)ccc2N(CC(C)C)C1=O. The number of rotatable bonds is 6. The number of aromatic hydroxyl groups is 1. The molecule has 1 aliphatic rings. The monoisotopic (exact) mass is 431 g/mol. The van der Waals surface area contributed by atoms with Crippen molar-refractivity contribution in [3.8, 4) is 5.75 Å². The molecular weight excluding hydrogens is 406 g/mol. The Morgan fingerprint density at radius 3 is 2.63 bits per heavy atom. The number of amides is 1. The van der Waals surface area contributed by atoms with Crippen LogP contribution in [0, 0.1) is 5.92 Å². The van der Waals surface area contributed by atoms with Crippen molar-refractivity contribution < 1.29 is 24.2 Å². The number of phenolic OH excluding ortho intramolecular Hbond substituents is 1. The van der Waals surface area contributed by atoms with Crippen molar-refractivity contribution in [3.05, 3.63) is 58.6 Å². The molecule has 1 amide bonds. The van der Waals surface area contributed by atoms with Gasteiger partial charge in [-0.2, -0.15) is 0 Å². The molecule has 0 fully saturated rings. The maximum atomic E-state index is 13.4. The Morgan fingerprint density at radius 1 is 1.23 bits per heavy atom. The number of ether oxygens (including phenoxy) is 2. The van der Waals surface area contributed by atoms with Gasteiger partial charge in [-0.15, -0.1) is 0 Å². The lowest BCUT2D eigenvalue weighted by Gasteiger charge is -2.26. The molecule has 0 saturated carbocycles. The van der Waals surface area contributed by atoms with E-state index in [1.54, 1.807) is 54.3 Å². The van der Waals surface area contributed by atoms with E-state index in [9.17, 15) is 14.7 Å². The van der Waals surface area contributed by atoms with Crippen molar-refractivity contribution in [2.24, 2.45) is 5.92 Å². The van der Waals surface area contributed by atoms with Gasteiger partial charge >= 0.3 is 5.97 Å². The first-order valence-corrected chi connectivity index (χ1v) is 10.4. The summed E-state index contributed by atoms with van der Waals surface area (Å²) in [5.41, 5.74) is 1.80. The zero-order valence-electron chi connectivity index (χ0n) is 17.3. The molecule has 2 aromatic rings. The molecule has 0 aliphatic carbocycles. The van der Waals surface area contributed by atoms with Crippen LogP contribution in [-0.2, 0) is 19.1 Å². The summed E-state index contributed by atoms with van der Waals surface area (Å²) >= 11 is 6.28. The van der Waals surface area contributed by atoms with Crippen LogP contribution in [0.25, 0.3) is 0 Å². The number of benzene rings is 2. The van der Waals surface area contributed by atoms with Crippen molar-refractivity contribution in [1.82, 2.24) is 0 Å². The van der Waals surface area contributed by atoms with Crippen LogP contribution in [0.4, 0.5) is 5.69 Å². The van der Waals surface area contributed by atoms with Crippen molar-refractivity contribution in [2.75, 3.05) is 18.1 Å². The summed E-state index contributed by atoms with van der Waals surface area (Å²) in [6, 6.07) is 12.0. The lowest BCUT2D eigenvalue weighted by atomic mass is 9.98. The molecule has 30 heavy (non-hydrogen) atoms. The third-order valence-electron chi connectivity index (χ3n) is 4.83. The van der Waals surface area contributed by atoms with Gasteiger partial charge in [0, 0.05) is 28.4 Å². The molecule has 1 heterocycles. The Hall–Kier alpha value is -2.57. The second-order valence-corrected chi connectivity index (χ2v) is 8.05. The molecular formula is C23H26ClNO5. The highest BCUT2D eigenvalue weighted by atomic mass is 35.5. The Bertz CT molecular complexity index is 930. The minimum atomic E-state index is -1.06. The molecule has 1 aliphatic heterocycles. The Morgan fingerprint density at radius 2 is 1.97 bits per heavy atom. The molecule has 6 nitrogen and oxygen atoms in total. The van der Waals surface area contributed by atoms with E-state index in [2.05, 4.69) is 0 Å². The molecule has 7 heteroatoms. The van der Waals surface area contributed by atoms with Crippen LogP contribution in [0.15, 0.2) is 42.5 Å². The largest absolute Gasteiger partial charge is 0.508 e. The molecule has 160 valence electrons. The van der Waals surface area contributed by atoms with Crippen LogP contribution in [0.3, 0.4) is 0 Å². The quantitative estimate of drug-likeness (QED) is 0.682. The van der Waals surface area contributed by atoms with Crippen molar-refractivity contribution in [1.29, 1.82) is 0 Å². The zero-order valence-corrected chi connectivity index (χ0v) is 18.1. The van der Waals surface area contributed by atoms with E-state index in [0.717, 1.165) is 0 Å². The fraction of sp³-hybridized carbons (Fsp3) is 0.391. The van der Waals surface area contributed by atoms with Gasteiger partial charge in [0.05, 0.1) is 13.0 Å². The van der Waals surface area contributed by atoms with Gasteiger partial charge in [0.25, 0.3) is 5.91 Å². The van der Waals surface area contributed by atoms with E-state index < -0.39 is 18.2 Å². The molecule has 0 saturated heterocycles. The Kier molecular flexibility index (Phi) is 7.00. The number of phenols is 1. The first kappa shape index (κ1) is 22.1. The number of halogens is 1. The van der Waals surface area contributed by atoms with Gasteiger partial charge in [0.2, 0.25) is 0 Å². The van der Waals surface area contributed by atoms with Gasteiger partial charge in [0.15, 0.2) is 0 Å². The first-order chi connectivity index (χ1) is 14.3. The number of para-hydroxylation sites is 1. The summed E-state index contributed by atoms with van der Waals surface area (Å²) in [6.45, 7) is 6.39. The number of anilines is 1. The second-order valence-electron chi connectivity index (χ2n) is 7.62. The van der Waals surface area contributed by atoms with E-state index in [4.69, 9.17) is 21.1 Å². The maximum absolute atomic E-state index is 13.4. The van der Waals surface area contributed by atoms with Gasteiger partial charge in [-0.3, -0.25) is 9.59 Å². The minimum Gasteiger partial charge on any atom is -0.508 e. The molecule has 2 atom stereocenters. The van der Waals surface area contributed by atoms with Gasteiger partial charge < -0.3 is 19.5 Å². The van der Waals surface area contributed by atoms with Gasteiger partial charge in [0.1, 0.15) is 18.0 Å². The van der Waals surface area contributed by atoms with Crippen LogP contribution >= 0.6 is 11.6 Å². The molecule has 0 bridgehead atoms. The summed E-state index contributed by atoms with van der Waals surface area (Å²) in [4.78, 5) is 27.3. The third kappa shape index (κ3) is 4.77. The fourth-order valence-corrected chi connectivity index (χ4v) is 3.76. The number of nitrogens with zero attached hydrogens (tertiary/aromatic N) is 1. The van der Waals surface area contributed by atoms with Crippen molar-refractivity contribution in [3.63, 3.8) is 0 Å². The normalized spacial score (nSPS) is 18.8. The molecule has 0 unspecified atom stereocenters. The van der Waals surface area contributed by atoms with Crippen molar-refractivity contribution in [2.45, 2.75) is 39.4 Å². The summed E-state index contributed by atoms with van der Waals surface area (Å²) in [7, 11) is 0. The van der Waals surface area contributed by atoms with Crippen molar-refractivity contribution >= 4 is 29.2 Å². The molecule has 0 spiro atoms. The molecule has 0 aromatic heterocycles. The number of hydrogen-bond donors (Lipinski definition) is 1. The lowest BCUT2D eigenvalue weighted by molar-refractivity contribution is -0.151. The number of esters is 1. The summed E-state index contributed by atoms with van der Waals surface area (Å²) < 4.78 is 11.2. The highest BCUT2D eigenvalue weighted by Crippen LogP contribution is 2.42. The second kappa shape index (κ2) is 9.49. The molecule has 1 N–H and O–H groups in total. The standard InChI is InChI=1S/C23H26ClNO5/c1-4-29-21(27)12-20-23(28)25(13-14(2)3)18-10-9-15(24)11-17(18)22(30-20)16-7-5-6-8-19(16)26/h5-11,14,20,22,26H,4,12-13H2,1-3H3/t20-,22-/m1/s1. The van der Waals surface area contributed by atoms with Gasteiger partial charge in [-0.05, 0) is 37.1 Å². The number of carbonyl (C=O) groups is 2. The fourth-order valence-electron chi connectivity index (χ4n) is 3.58. The molecule has 2 aromatic carbocycles. The van der Waals surface area contributed by atoms with Crippen LogP contribution in [-0.4, -0.2) is 36.2 Å². The number of hydrogen-bond acceptors (Lipinski definition) is 5. The van der Waals surface area contributed by atoms with Crippen LogP contribution in [0.1, 0.15) is 44.4 Å². The highest BCUT2D eigenvalue weighted by molar-refractivity contribution is 6.30. The van der Waals surface area contributed by atoms with E-state index in [0.29, 0.717) is 28.4 Å². The van der Waals surface area contributed by atoms with Gasteiger partial charge in [-0.25, -0.2) is 0 Å². The van der Waals surface area contributed by atoms with E-state index in [1.165, 1.54) is 0 Å². The summed E-state index contributed by atoms with van der Waals surface area (Å²) in [5.74, 6) is -0.617. The Balaban J connectivity index is 2.15. The predicted octanol–water partition coefficient (Wildman–Crippen LogP) is 4.48. The average Bonchev–Trinajstić information content (AvgIpc) is 2.79. The molecule has 0 radical (unpaired) electrons. The predicted molar refractivity (Wildman–Crippen MR) is 115 cm³/mol. The van der Waals surface area contributed by atoms with E-state index >= 15 is 0 Å². The van der Waals surface area contributed by atoms with Crippen LogP contribution < -0.4 is 4.90 Å². The summed E-state index contributed by atoms with van der Waals surface area (Å²) in [6.07, 6.45) is -2.05. The lowest BCUT2D eigenvalue weighted by Crippen LogP contribution is -2.42. The number of carbonyl (C=O) groups excluding carboxylic acids is 2. The van der Waals surface area contributed by atoms with Gasteiger partial charge in [-0.1, -0.05) is 43.6 Å². The van der Waals surface area contributed by atoms with Crippen LogP contribution in [0.5, 0.6) is 5.75 Å². The van der Waals surface area contributed by atoms with E-state index in [1.807, 2.05) is 13.8 Å².